The van der Waals surface area contributed by atoms with Crippen molar-refractivity contribution in [2.75, 3.05) is 0 Å². The standard InChI is InChI=1S/C48H28O2/c1-2-10-29(11-3-1)30-18-20-31(21-19-30)44-34-12-4-6-14-36(34)45(37-15-7-5-13-35(37)44)33-22-25-39-43(28-33)50-42-27-24-32-23-26-41-47(46(32)48(39)42)38-16-8-9-17-40(38)49-41/h1-28H. The number of rotatable bonds is 3. The lowest BCUT2D eigenvalue weighted by Crippen LogP contribution is -1.91. The maximum Gasteiger partial charge on any atom is 0.136 e. The lowest BCUT2D eigenvalue weighted by Gasteiger charge is -2.18. The summed E-state index contributed by atoms with van der Waals surface area (Å²) in [4.78, 5) is 0. The van der Waals surface area contributed by atoms with Crippen molar-refractivity contribution in [2.45, 2.75) is 0 Å². The summed E-state index contributed by atoms with van der Waals surface area (Å²) in [5, 5.41) is 11.8. The molecule has 9 aromatic carbocycles. The van der Waals surface area contributed by atoms with E-state index in [0.29, 0.717) is 0 Å². The smallest absolute Gasteiger partial charge is 0.136 e. The fourth-order valence-corrected chi connectivity index (χ4v) is 8.26. The van der Waals surface area contributed by atoms with E-state index in [4.69, 9.17) is 8.83 Å². The molecule has 11 rings (SSSR count). The molecule has 2 heterocycles. The van der Waals surface area contributed by atoms with Crippen LogP contribution in [-0.2, 0) is 0 Å². The SMILES string of the molecule is c1ccc(-c2ccc(-c3c4ccccc4c(-c4ccc5c(c4)oc4ccc6ccc7oc8ccccc8c7c6c45)c4ccccc34)cc2)cc1. The van der Waals surface area contributed by atoms with E-state index in [2.05, 4.69) is 158 Å². The van der Waals surface area contributed by atoms with Crippen molar-refractivity contribution < 1.29 is 8.83 Å². The second-order valence-corrected chi connectivity index (χ2v) is 13.2. The van der Waals surface area contributed by atoms with Crippen LogP contribution in [-0.4, -0.2) is 0 Å². The third kappa shape index (κ3) is 3.90. The molecule has 0 aliphatic carbocycles. The molecule has 2 aromatic heterocycles. The van der Waals surface area contributed by atoms with Crippen LogP contribution in [0, 0.1) is 0 Å². The van der Waals surface area contributed by atoms with E-state index in [1.165, 1.54) is 60.1 Å². The molecule has 2 nitrogen and oxygen atoms in total. The number of furan rings is 2. The van der Waals surface area contributed by atoms with Gasteiger partial charge in [-0.3, -0.25) is 0 Å². The molecular formula is C48H28O2. The molecule has 0 saturated carbocycles. The fourth-order valence-electron chi connectivity index (χ4n) is 8.26. The molecule has 11 aromatic rings. The Morgan fingerprint density at radius 1 is 0.260 bits per heavy atom. The second-order valence-electron chi connectivity index (χ2n) is 13.2. The molecule has 0 amide bonds. The van der Waals surface area contributed by atoms with Crippen LogP contribution in [0.1, 0.15) is 0 Å². The van der Waals surface area contributed by atoms with Gasteiger partial charge in [-0.05, 0) is 90.6 Å². The molecule has 0 atom stereocenters. The maximum absolute atomic E-state index is 6.69. The molecule has 2 heteroatoms. The Kier molecular flexibility index (Phi) is 5.70. The topological polar surface area (TPSA) is 26.3 Å². The van der Waals surface area contributed by atoms with Crippen molar-refractivity contribution in [3.05, 3.63) is 170 Å². The summed E-state index contributed by atoms with van der Waals surface area (Å²) < 4.78 is 13.0. The third-order valence-corrected chi connectivity index (χ3v) is 10.5. The second kappa shape index (κ2) is 10.4. The van der Waals surface area contributed by atoms with Gasteiger partial charge in [-0.15, -0.1) is 0 Å². The minimum Gasteiger partial charge on any atom is -0.456 e. The van der Waals surface area contributed by atoms with Gasteiger partial charge in [0.05, 0.1) is 0 Å². The van der Waals surface area contributed by atoms with Crippen molar-refractivity contribution in [1.82, 2.24) is 0 Å². The van der Waals surface area contributed by atoms with Crippen LogP contribution in [0.4, 0.5) is 0 Å². The van der Waals surface area contributed by atoms with Gasteiger partial charge < -0.3 is 8.83 Å². The molecule has 50 heavy (non-hydrogen) atoms. The molecule has 0 fully saturated rings. The highest BCUT2D eigenvalue weighted by Crippen LogP contribution is 2.46. The average molecular weight is 637 g/mol. The molecule has 0 unspecified atom stereocenters. The van der Waals surface area contributed by atoms with Crippen LogP contribution in [0.3, 0.4) is 0 Å². The van der Waals surface area contributed by atoms with Crippen molar-refractivity contribution in [3.8, 4) is 33.4 Å². The van der Waals surface area contributed by atoms with Crippen molar-refractivity contribution in [2.24, 2.45) is 0 Å². The van der Waals surface area contributed by atoms with Crippen LogP contribution < -0.4 is 0 Å². The Morgan fingerprint density at radius 3 is 1.36 bits per heavy atom. The van der Waals surface area contributed by atoms with Gasteiger partial charge in [-0.25, -0.2) is 0 Å². The Balaban J connectivity index is 1.15. The summed E-state index contributed by atoms with van der Waals surface area (Å²) in [7, 11) is 0. The summed E-state index contributed by atoms with van der Waals surface area (Å²) in [6.07, 6.45) is 0. The van der Waals surface area contributed by atoms with E-state index in [-0.39, 0.29) is 0 Å². The number of benzene rings is 9. The Labute approximate surface area is 287 Å². The van der Waals surface area contributed by atoms with E-state index in [1.54, 1.807) is 0 Å². The highest BCUT2D eigenvalue weighted by molar-refractivity contribution is 6.31. The van der Waals surface area contributed by atoms with E-state index in [1.807, 2.05) is 12.1 Å². The highest BCUT2D eigenvalue weighted by Gasteiger charge is 2.20. The molecule has 0 spiro atoms. The third-order valence-electron chi connectivity index (χ3n) is 10.5. The summed E-state index contributed by atoms with van der Waals surface area (Å²) >= 11 is 0. The van der Waals surface area contributed by atoms with Gasteiger partial charge in [0.1, 0.15) is 22.3 Å². The van der Waals surface area contributed by atoms with E-state index in [9.17, 15) is 0 Å². The molecule has 0 radical (unpaired) electrons. The summed E-state index contributed by atoms with van der Waals surface area (Å²) in [6.45, 7) is 0. The minimum absolute atomic E-state index is 0.878. The molecule has 0 saturated heterocycles. The van der Waals surface area contributed by atoms with Gasteiger partial charge in [0.25, 0.3) is 0 Å². The Morgan fingerprint density at radius 2 is 0.720 bits per heavy atom. The van der Waals surface area contributed by atoms with Gasteiger partial charge in [-0.1, -0.05) is 140 Å². The summed E-state index contributed by atoms with van der Waals surface area (Å²) in [6, 6.07) is 60.8. The van der Waals surface area contributed by atoms with E-state index in [0.717, 1.165) is 49.4 Å². The van der Waals surface area contributed by atoms with E-state index < -0.39 is 0 Å². The monoisotopic (exact) mass is 636 g/mol. The predicted molar refractivity (Wildman–Crippen MR) is 210 cm³/mol. The van der Waals surface area contributed by atoms with Crippen LogP contribution in [0.5, 0.6) is 0 Å². The highest BCUT2D eigenvalue weighted by atomic mass is 16.3. The summed E-state index contributed by atoms with van der Waals surface area (Å²) in [5.74, 6) is 0. The van der Waals surface area contributed by atoms with Gasteiger partial charge in [-0.2, -0.15) is 0 Å². The first kappa shape index (κ1) is 27.3. The van der Waals surface area contributed by atoms with Gasteiger partial charge in [0.2, 0.25) is 0 Å². The number of fused-ring (bicyclic) bond motifs is 11. The maximum atomic E-state index is 6.69. The molecule has 0 bridgehead atoms. The fraction of sp³-hybridized carbons (Fsp3) is 0. The number of hydrogen-bond donors (Lipinski definition) is 0. The van der Waals surface area contributed by atoms with Gasteiger partial charge >= 0.3 is 0 Å². The Bertz CT molecular complexity index is 3070. The number of para-hydroxylation sites is 1. The first-order valence-electron chi connectivity index (χ1n) is 17.1. The molecular weight excluding hydrogens is 609 g/mol. The van der Waals surface area contributed by atoms with Crippen LogP contribution >= 0.6 is 0 Å². The molecule has 0 aliphatic rings. The largest absolute Gasteiger partial charge is 0.456 e. The van der Waals surface area contributed by atoms with E-state index >= 15 is 0 Å². The van der Waals surface area contributed by atoms with Crippen molar-refractivity contribution >= 4 is 76.2 Å². The number of hydrogen-bond acceptors (Lipinski definition) is 2. The minimum atomic E-state index is 0.878. The zero-order chi connectivity index (χ0) is 32.8. The lowest BCUT2D eigenvalue weighted by molar-refractivity contribution is 0.669. The van der Waals surface area contributed by atoms with Crippen LogP contribution in [0.2, 0.25) is 0 Å². The Hall–Kier alpha value is -6.64. The molecule has 232 valence electrons. The van der Waals surface area contributed by atoms with Crippen LogP contribution in [0.15, 0.2) is 179 Å². The first-order valence-corrected chi connectivity index (χ1v) is 17.1. The first-order chi connectivity index (χ1) is 24.8. The normalized spacial score (nSPS) is 12.0. The van der Waals surface area contributed by atoms with Gasteiger partial charge in [0.15, 0.2) is 0 Å². The molecule has 0 N–H and O–H groups in total. The quantitative estimate of drug-likeness (QED) is 0.180. The summed E-state index contributed by atoms with van der Waals surface area (Å²) in [5.41, 5.74) is 10.8. The zero-order valence-corrected chi connectivity index (χ0v) is 27.0. The van der Waals surface area contributed by atoms with Gasteiger partial charge in [0, 0.05) is 26.9 Å². The van der Waals surface area contributed by atoms with Crippen LogP contribution in [0.25, 0.3) is 110 Å². The van der Waals surface area contributed by atoms with Crippen molar-refractivity contribution in [3.63, 3.8) is 0 Å². The lowest BCUT2D eigenvalue weighted by atomic mass is 9.85. The zero-order valence-electron chi connectivity index (χ0n) is 27.0. The average Bonchev–Trinajstić information content (AvgIpc) is 3.75. The molecule has 0 aliphatic heterocycles. The van der Waals surface area contributed by atoms with Crippen molar-refractivity contribution in [1.29, 1.82) is 0 Å². The predicted octanol–water partition coefficient (Wildman–Crippen LogP) is 13.9.